The Labute approximate surface area is 97.8 Å². The molecule has 1 aromatic heterocycles. The second kappa shape index (κ2) is 3.62. The Morgan fingerprint density at radius 3 is 3.06 bits per heavy atom. The Morgan fingerprint density at radius 2 is 2.29 bits per heavy atom. The molecule has 86 valence electrons. The van der Waals surface area contributed by atoms with Crippen LogP contribution in [0.3, 0.4) is 0 Å². The first kappa shape index (κ1) is 9.89. The van der Waals surface area contributed by atoms with E-state index in [2.05, 4.69) is 15.3 Å². The van der Waals surface area contributed by atoms with Crippen molar-refractivity contribution in [2.75, 3.05) is 5.32 Å². The zero-order valence-electron chi connectivity index (χ0n) is 9.28. The number of nitrogens with one attached hydrogen (secondary N) is 2. The van der Waals surface area contributed by atoms with Crippen LogP contribution in [0.25, 0.3) is 11.3 Å². The molecule has 0 bridgehead atoms. The topological polar surface area (TPSA) is 67.0 Å². The van der Waals surface area contributed by atoms with E-state index in [0.717, 1.165) is 28.3 Å². The predicted molar refractivity (Wildman–Crippen MR) is 62.6 cm³/mol. The van der Waals surface area contributed by atoms with Crippen LogP contribution in [0.15, 0.2) is 24.4 Å². The Kier molecular flexibility index (Phi) is 2.11. The van der Waals surface area contributed by atoms with Gasteiger partial charge in [0.25, 0.3) is 0 Å². The van der Waals surface area contributed by atoms with Gasteiger partial charge in [0, 0.05) is 11.1 Å². The van der Waals surface area contributed by atoms with Gasteiger partial charge < -0.3 is 9.72 Å². The Hall–Kier alpha value is -2.30. The lowest BCUT2D eigenvalue weighted by molar-refractivity contribution is 0.151. The number of rotatable bonds is 1. The zero-order chi connectivity index (χ0) is 11.8. The van der Waals surface area contributed by atoms with Crippen LogP contribution in [-0.4, -0.2) is 16.1 Å². The Morgan fingerprint density at radius 1 is 1.41 bits per heavy atom. The first-order chi connectivity index (χ1) is 8.22. The minimum atomic E-state index is -0.400. The van der Waals surface area contributed by atoms with Crippen LogP contribution in [0.2, 0.25) is 0 Å². The Balaban J connectivity index is 2.01. The number of nitrogens with zero attached hydrogens (tertiary/aromatic N) is 1. The number of aromatic nitrogens is 2. The van der Waals surface area contributed by atoms with Crippen molar-refractivity contribution in [1.29, 1.82) is 0 Å². The highest BCUT2D eigenvalue weighted by Gasteiger charge is 2.16. The van der Waals surface area contributed by atoms with Crippen LogP contribution < -0.4 is 5.32 Å². The summed E-state index contributed by atoms with van der Waals surface area (Å²) in [5.74, 6) is 0.877. The summed E-state index contributed by atoms with van der Waals surface area (Å²) < 4.78 is 4.92. The van der Waals surface area contributed by atoms with Crippen molar-refractivity contribution < 1.29 is 9.53 Å². The van der Waals surface area contributed by atoms with E-state index >= 15 is 0 Å². The van der Waals surface area contributed by atoms with Gasteiger partial charge >= 0.3 is 6.09 Å². The highest BCUT2D eigenvalue weighted by Crippen LogP contribution is 2.27. The third-order valence-corrected chi connectivity index (χ3v) is 2.71. The van der Waals surface area contributed by atoms with E-state index < -0.39 is 6.09 Å². The molecule has 2 aromatic rings. The van der Waals surface area contributed by atoms with E-state index in [4.69, 9.17) is 4.74 Å². The fraction of sp³-hybridized carbons (Fsp3) is 0.167. The van der Waals surface area contributed by atoms with Gasteiger partial charge in [-0.05, 0) is 19.1 Å². The van der Waals surface area contributed by atoms with Gasteiger partial charge in [-0.2, -0.15) is 0 Å². The van der Waals surface area contributed by atoms with Gasteiger partial charge in [0.2, 0.25) is 0 Å². The SMILES string of the molecule is Cc1ncc(-c2ccc3c(c2)COC(=O)N3)[nH]1. The molecule has 0 fully saturated rings. The number of hydrogen-bond donors (Lipinski definition) is 2. The summed E-state index contributed by atoms with van der Waals surface area (Å²) in [7, 11) is 0. The van der Waals surface area contributed by atoms with E-state index in [0.29, 0.717) is 6.61 Å². The zero-order valence-corrected chi connectivity index (χ0v) is 9.28. The van der Waals surface area contributed by atoms with E-state index in [1.807, 2.05) is 25.1 Å². The summed E-state index contributed by atoms with van der Waals surface area (Å²) in [6.07, 6.45) is 1.39. The van der Waals surface area contributed by atoms with Gasteiger partial charge in [-0.1, -0.05) is 6.07 Å². The molecular weight excluding hydrogens is 218 g/mol. The molecule has 1 aliphatic rings. The maximum Gasteiger partial charge on any atom is 0.411 e. The first-order valence-electron chi connectivity index (χ1n) is 5.31. The number of carbonyl (C=O) groups is 1. The lowest BCUT2D eigenvalue weighted by Gasteiger charge is -2.17. The molecule has 0 saturated heterocycles. The molecule has 2 N–H and O–H groups in total. The number of aryl methyl sites for hydroxylation is 1. The number of aromatic amines is 1. The van der Waals surface area contributed by atoms with E-state index in [1.54, 1.807) is 6.20 Å². The maximum absolute atomic E-state index is 11.0. The fourth-order valence-electron chi connectivity index (χ4n) is 1.86. The molecule has 0 spiro atoms. The molecule has 1 aromatic carbocycles. The van der Waals surface area contributed by atoms with E-state index in [9.17, 15) is 4.79 Å². The van der Waals surface area contributed by atoms with Crippen molar-refractivity contribution in [3.05, 3.63) is 35.8 Å². The number of hydrogen-bond acceptors (Lipinski definition) is 3. The summed E-state index contributed by atoms with van der Waals surface area (Å²) in [4.78, 5) is 18.4. The molecule has 0 aliphatic carbocycles. The number of anilines is 1. The second-order valence-electron chi connectivity index (χ2n) is 3.96. The molecule has 0 atom stereocenters. The van der Waals surface area contributed by atoms with Gasteiger partial charge in [0.15, 0.2) is 0 Å². The van der Waals surface area contributed by atoms with Crippen molar-refractivity contribution in [1.82, 2.24) is 9.97 Å². The highest BCUT2D eigenvalue weighted by atomic mass is 16.5. The molecule has 1 amide bonds. The Bertz CT molecular complexity index is 589. The average Bonchev–Trinajstić information content (AvgIpc) is 2.75. The first-order valence-corrected chi connectivity index (χ1v) is 5.31. The van der Waals surface area contributed by atoms with Gasteiger partial charge in [-0.25, -0.2) is 9.78 Å². The summed E-state index contributed by atoms with van der Waals surface area (Å²) in [6, 6.07) is 5.81. The molecule has 1 aliphatic heterocycles. The number of H-pyrrole nitrogens is 1. The van der Waals surface area contributed by atoms with Crippen LogP contribution in [0.4, 0.5) is 10.5 Å². The lowest BCUT2D eigenvalue weighted by atomic mass is 10.1. The molecule has 17 heavy (non-hydrogen) atoms. The minimum absolute atomic E-state index is 0.308. The summed E-state index contributed by atoms with van der Waals surface area (Å²) in [5, 5.41) is 2.66. The number of carbonyl (C=O) groups excluding carboxylic acids is 1. The largest absolute Gasteiger partial charge is 0.444 e. The molecule has 5 nitrogen and oxygen atoms in total. The molecular formula is C12H11N3O2. The molecule has 2 heterocycles. The summed E-state index contributed by atoms with van der Waals surface area (Å²) in [5.41, 5.74) is 3.77. The third kappa shape index (κ3) is 1.75. The van der Waals surface area contributed by atoms with Crippen molar-refractivity contribution in [3.8, 4) is 11.3 Å². The molecule has 3 rings (SSSR count). The molecule has 0 saturated carbocycles. The van der Waals surface area contributed by atoms with E-state index in [-0.39, 0.29) is 0 Å². The summed E-state index contributed by atoms with van der Waals surface area (Å²) >= 11 is 0. The van der Waals surface area contributed by atoms with E-state index in [1.165, 1.54) is 0 Å². The lowest BCUT2D eigenvalue weighted by Crippen LogP contribution is -2.20. The average molecular weight is 229 g/mol. The quantitative estimate of drug-likeness (QED) is 0.789. The van der Waals surface area contributed by atoms with Crippen molar-refractivity contribution in [3.63, 3.8) is 0 Å². The second-order valence-corrected chi connectivity index (χ2v) is 3.96. The molecule has 0 radical (unpaired) electrons. The predicted octanol–water partition coefficient (Wildman–Crippen LogP) is 2.45. The van der Waals surface area contributed by atoms with Crippen molar-refractivity contribution in [2.24, 2.45) is 0 Å². The van der Waals surface area contributed by atoms with Gasteiger partial charge in [-0.15, -0.1) is 0 Å². The number of benzene rings is 1. The number of ether oxygens (including phenoxy) is 1. The van der Waals surface area contributed by atoms with Gasteiger partial charge in [0.05, 0.1) is 17.6 Å². The molecule has 5 heteroatoms. The number of imidazole rings is 1. The van der Waals surface area contributed by atoms with Gasteiger partial charge in [-0.3, -0.25) is 5.32 Å². The maximum atomic E-state index is 11.0. The highest BCUT2D eigenvalue weighted by molar-refractivity contribution is 5.88. The van der Waals surface area contributed by atoms with Crippen LogP contribution in [0.1, 0.15) is 11.4 Å². The van der Waals surface area contributed by atoms with Gasteiger partial charge in [0.1, 0.15) is 12.4 Å². The fourth-order valence-corrected chi connectivity index (χ4v) is 1.86. The van der Waals surface area contributed by atoms with Crippen LogP contribution in [0, 0.1) is 6.92 Å². The minimum Gasteiger partial charge on any atom is -0.444 e. The van der Waals surface area contributed by atoms with Crippen LogP contribution in [-0.2, 0) is 11.3 Å². The normalized spacial score (nSPS) is 13.8. The number of amides is 1. The standard InChI is InChI=1S/C12H11N3O2/c1-7-13-5-11(14-7)8-2-3-10-9(4-8)6-17-12(16)15-10/h2-5H,6H2,1H3,(H,13,14)(H,15,16). The third-order valence-electron chi connectivity index (χ3n) is 2.71. The van der Waals surface area contributed by atoms with Crippen LogP contribution >= 0.6 is 0 Å². The number of fused-ring (bicyclic) bond motifs is 1. The molecule has 0 unspecified atom stereocenters. The van der Waals surface area contributed by atoms with Crippen molar-refractivity contribution in [2.45, 2.75) is 13.5 Å². The summed E-state index contributed by atoms with van der Waals surface area (Å²) in [6.45, 7) is 2.22. The van der Waals surface area contributed by atoms with Crippen molar-refractivity contribution >= 4 is 11.8 Å². The number of cyclic esters (lactones) is 1. The monoisotopic (exact) mass is 229 g/mol. The van der Waals surface area contributed by atoms with Crippen LogP contribution in [0.5, 0.6) is 0 Å². The smallest absolute Gasteiger partial charge is 0.411 e.